The molecular weight excluding hydrogens is 420 g/mol. The second-order valence-corrected chi connectivity index (χ2v) is 8.47. The molecule has 32 heavy (non-hydrogen) atoms. The van der Waals surface area contributed by atoms with Gasteiger partial charge in [0, 0.05) is 0 Å². The minimum Gasteiger partial charge on any atom is -0.489 e. The van der Waals surface area contributed by atoms with Crippen molar-refractivity contribution in [3.63, 3.8) is 0 Å². The molecular formula is C25H22N4O2S. The lowest BCUT2D eigenvalue weighted by atomic mass is 10.0. The number of hydrogen-bond acceptors (Lipinski definition) is 5. The second kappa shape index (κ2) is 8.88. The highest BCUT2D eigenvalue weighted by Gasteiger charge is 2.33. The molecule has 1 aromatic heterocycles. The van der Waals surface area contributed by atoms with Gasteiger partial charge in [0.25, 0.3) is 0 Å². The molecule has 4 aromatic rings. The smallest absolute Gasteiger partial charge is 0.238 e. The summed E-state index contributed by atoms with van der Waals surface area (Å²) in [7, 11) is 0. The fraction of sp³-hybridized carbons (Fsp3) is 0.160. The minimum absolute atomic E-state index is 0.000985. The van der Waals surface area contributed by atoms with Crippen molar-refractivity contribution >= 4 is 23.4 Å². The van der Waals surface area contributed by atoms with E-state index in [2.05, 4.69) is 10.2 Å². The van der Waals surface area contributed by atoms with Gasteiger partial charge < -0.3 is 4.74 Å². The maximum absolute atomic E-state index is 13.5. The number of rotatable bonds is 5. The Balaban J connectivity index is 1.42. The number of anilines is 1. The van der Waals surface area contributed by atoms with Crippen LogP contribution in [0.1, 0.15) is 17.2 Å². The van der Waals surface area contributed by atoms with Crippen molar-refractivity contribution < 1.29 is 9.53 Å². The highest BCUT2D eigenvalue weighted by molar-refractivity contribution is 7.99. The lowest BCUT2D eigenvalue weighted by Crippen LogP contribution is -2.42. The Bertz CT molecular complexity index is 1240. The summed E-state index contributed by atoms with van der Waals surface area (Å²) in [4.78, 5) is 15.4. The van der Waals surface area contributed by atoms with Crippen LogP contribution in [0.25, 0.3) is 5.69 Å². The molecule has 160 valence electrons. The molecule has 0 radical (unpaired) electrons. The predicted octanol–water partition coefficient (Wildman–Crippen LogP) is 4.83. The van der Waals surface area contributed by atoms with Crippen LogP contribution >= 0.6 is 11.8 Å². The number of nitrogens with zero attached hydrogens (tertiary/aromatic N) is 4. The number of thioether (sulfide) groups is 1. The molecule has 0 saturated heterocycles. The van der Waals surface area contributed by atoms with E-state index in [9.17, 15) is 4.79 Å². The Morgan fingerprint density at radius 2 is 1.72 bits per heavy atom. The van der Waals surface area contributed by atoms with Gasteiger partial charge in [-0.3, -0.25) is 14.3 Å². The van der Waals surface area contributed by atoms with Crippen molar-refractivity contribution in [3.8, 4) is 11.4 Å². The first-order valence-electron chi connectivity index (χ1n) is 10.4. The van der Waals surface area contributed by atoms with Crippen LogP contribution in [0.4, 0.5) is 5.69 Å². The van der Waals surface area contributed by atoms with E-state index in [1.165, 1.54) is 11.8 Å². The molecule has 2 heterocycles. The number of benzene rings is 3. The molecule has 0 N–H and O–H groups in total. The summed E-state index contributed by atoms with van der Waals surface area (Å²) in [5, 5.41) is 9.01. The molecule has 1 atom stereocenters. The highest BCUT2D eigenvalue weighted by Crippen LogP contribution is 2.39. The van der Waals surface area contributed by atoms with Gasteiger partial charge in [-0.2, -0.15) is 0 Å². The summed E-state index contributed by atoms with van der Waals surface area (Å²) in [5.41, 5.74) is 3.96. The number of aromatic nitrogens is 3. The summed E-state index contributed by atoms with van der Waals surface area (Å²) in [5.74, 6) is 0.961. The lowest BCUT2D eigenvalue weighted by Gasteiger charge is -2.37. The second-order valence-electron chi connectivity index (χ2n) is 7.53. The number of carbonyl (C=O) groups is 1. The first kappa shape index (κ1) is 20.3. The van der Waals surface area contributed by atoms with Crippen molar-refractivity contribution in [2.45, 2.75) is 18.1 Å². The Labute approximate surface area is 190 Å². The normalized spacial score (nSPS) is 15.2. The van der Waals surface area contributed by atoms with E-state index in [1.54, 1.807) is 6.33 Å². The van der Waals surface area contributed by atoms with Crippen LogP contribution in [-0.4, -0.2) is 33.0 Å². The van der Waals surface area contributed by atoms with Crippen LogP contribution in [0.3, 0.4) is 0 Å². The van der Waals surface area contributed by atoms with Gasteiger partial charge in [0.15, 0.2) is 5.16 Å². The third-order valence-corrected chi connectivity index (χ3v) is 6.43. The van der Waals surface area contributed by atoms with Crippen LogP contribution in [0.15, 0.2) is 90.3 Å². The molecule has 5 rings (SSSR count). The van der Waals surface area contributed by atoms with Crippen LogP contribution in [0.5, 0.6) is 5.75 Å². The maximum Gasteiger partial charge on any atom is 0.238 e. The number of fused-ring (bicyclic) bond motifs is 1. The summed E-state index contributed by atoms with van der Waals surface area (Å²) in [6, 6.07) is 25.6. The number of carbonyl (C=O) groups excluding carboxylic acids is 1. The molecule has 1 amide bonds. The molecule has 6 nitrogen and oxygen atoms in total. The monoisotopic (exact) mass is 442 g/mol. The fourth-order valence-electron chi connectivity index (χ4n) is 3.94. The average Bonchev–Trinajstić information content (AvgIpc) is 3.31. The van der Waals surface area contributed by atoms with E-state index >= 15 is 0 Å². The Hall–Kier alpha value is -3.58. The number of aryl methyl sites for hydroxylation is 1. The first-order chi connectivity index (χ1) is 15.7. The van der Waals surface area contributed by atoms with Gasteiger partial charge in [-0.1, -0.05) is 72.4 Å². The zero-order valence-electron chi connectivity index (χ0n) is 17.6. The van der Waals surface area contributed by atoms with Gasteiger partial charge in [0.1, 0.15) is 18.7 Å². The minimum atomic E-state index is -0.187. The van der Waals surface area contributed by atoms with Crippen LogP contribution in [-0.2, 0) is 4.79 Å². The molecule has 0 bridgehead atoms. The van der Waals surface area contributed by atoms with Gasteiger partial charge in [-0.15, -0.1) is 10.2 Å². The van der Waals surface area contributed by atoms with Crippen molar-refractivity contribution in [2.24, 2.45) is 0 Å². The predicted molar refractivity (Wildman–Crippen MR) is 125 cm³/mol. The Morgan fingerprint density at radius 3 is 2.53 bits per heavy atom. The SMILES string of the molecule is Cc1ccccc1-n1cnnc1SCC(=O)N1c2ccccc2OC[C@H]1c1ccccc1. The summed E-state index contributed by atoms with van der Waals surface area (Å²) >= 11 is 1.39. The molecule has 0 saturated carbocycles. The van der Waals surface area contributed by atoms with Gasteiger partial charge in [-0.25, -0.2) is 0 Å². The summed E-state index contributed by atoms with van der Waals surface area (Å²) in [6.07, 6.45) is 1.69. The molecule has 1 aliphatic heterocycles. The van der Waals surface area contributed by atoms with Crippen molar-refractivity contribution in [2.75, 3.05) is 17.3 Å². The summed E-state index contributed by atoms with van der Waals surface area (Å²) in [6.45, 7) is 2.46. The van der Waals surface area contributed by atoms with Gasteiger partial charge in [0.05, 0.1) is 23.2 Å². The van der Waals surface area contributed by atoms with E-state index < -0.39 is 0 Å². The van der Waals surface area contributed by atoms with Gasteiger partial charge in [-0.05, 0) is 36.2 Å². The van der Waals surface area contributed by atoms with Crippen LogP contribution < -0.4 is 9.64 Å². The van der Waals surface area contributed by atoms with E-state index in [0.717, 1.165) is 28.3 Å². The lowest BCUT2D eigenvalue weighted by molar-refractivity contribution is -0.117. The van der Waals surface area contributed by atoms with Crippen LogP contribution in [0.2, 0.25) is 0 Å². The van der Waals surface area contributed by atoms with E-state index in [0.29, 0.717) is 11.8 Å². The topological polar surface area (TPSA) is 60.2 Å². The first-order valence-corrected chi connectivity index (χ1v) is 11.4. The molecule has 1 aliphatic rings. The Morgan fingerprint density at radius 1 is 1.00 bits per heavy atom. The third-order valence-electron chi connectivity index (χ3n) is 5.50. The molecule has 0 aliphatic carbocycles. The largest absolute Gasteiger partial charge is 0.489 e. The molecule has 0 fully saturated rings. The number of para-hydroxylation sites is 3. The zero-order chi connectivity index (χ0) is 21.9. The molecule has 0 unspecified atom stereocenters. The molecule has 7 heteroatoms. The van der Waals surface area contributed by atoms with Crippen molar-refractivity contribution in [1.29, 1.82) is 0 Å². The molecule has 0 spiro atoms. The van der Waals surface area contributed by atoms with Gasteiger partial charge in [0.2, 0.25) is 5.91 Å². The van der Waals surface area contributed by atoms with E-state index in [-0.39, 0.29) is 17.7 Å². The average molecular weight is 443 g/mol. The quantitative estimate of drug-likeness (QED) is 0.414. The number of hydrogen-bond donors (Lipinski definition) is 0. The summed E-state index contributed by atoms with van der Waals surface area (Å²) < 4.78 is 7.91. The Kier molecular flexibility index (Phi) is 5.64. The number of amides is 1. The van der Waals surface area contributed by atoms with Gasteiger partial charge >= 0.3 is 0 Å². The van der Waals surface area contributed by atoms with E-state index in [1.807, 2.05) is 95.3 Å². The standard InChI is InChI=1S/C25H22N4O2S/c1-18-9-5-6-12-20(18)28-17-26-27-25(28)32-16-24(30)29-21-13-7-8-14-23(21)31-15-22(29)19-10-3-2-4-11-19/h2-14,17,22H,15-16H2,1H3/t22-/m0/s1. The third kappa shape index (κ3) is 3.87. The fourth-order valence-corrected chi connectivity index (χ4v) is 4.72. The van der Waals surface area contributed by atoms with Crippen LogP contribution in [0, 0.1) is 6.92 Å². The zero-order valence-corrected chi connectivity index (χ0v) is 18.4. The van der Waals surface area contributed by atoms with Crippen molar-refractivity contribution in [1.82, 2.24) is 14.8 Å². The highest BCUT2D eigenvalue weighted by atomic mass is 32.2. The maximum atomic E-state index is 13.5. The number of ether oxygens (including phenoxy) is 1. The molecule has 3 aromatic carbocycles. The van der Waals surface area contributed by atoms with E-state index in [4.69, 9.17) is 4.74 Å². The van der Waals surface area contributed by atoms with Crippen molar-refractivity contribution in [3.05, 3.63) is 96.3 Å².